The molecule has 2 heterocycles. The summed E-state index contributed by atoms with van der Waals surface area (Å²) in [6.07, 6.45) is -0.678. The van der Waals surface area contributed by atoms with Gasteiger partial charge in [-0.05, 0) is 34.6 Å². The van der Waals surface area contributed by atoms with Crippen molar-refractivity contribution in [3.05, 3.63) is 11.1 Å². The van der Waals surface area contributed by atoms with E-state index < -0.39 is 57.6 Å². The second kappa shape index (κ2) is 8.76. The van der Waals surface area contributed by atoms with Crippen LogP contribution in [-0.4, -0.2) is 70.1 Å². The third kappa shape index (κ3) is 5.29. The summed E-state index contributed by atoms with van der Waals surface area (Å²) in [5.41, 5.74) is 3.39. The van der Waals surface area contributed by atoms with Gasteiger partial charge in [0.25, 0.3) is 11.8 Å². The van der Waals surface area contributed by atoms with Crippen molar-refractivity contribution in [1.29, 1.82) is 0 Å². The Morgan fingerprint density at radius 2 is 2.03 bits per heavy atom. The van der Waals surface area contributed by atoms with Gasteiger partial charge in [-0.25, -0.2) is 14.1 Å². The monoisotopic (exact) mass is 477 g/mol. The first kappa shape index (κ1) is 24.5. The number of hydrogen-bond acceptors (Lipinski definition) is 11. The van der Waals surface area contributed by atoms with Crippen LogP contribution in [0.25, 0.3) is 0 Å². The lowest BCUT2D eigenvalue weighted by molar-refractivity contribution is -0.161. The number of carbonyl (C=O) groups excluding carboxylic acids is 2. The van der Waals surface area contributed by atoms with Crippen molar-refractivity contribution in [2.24, 2.45) is 5.16 Å². The van der Waals surface area contributed by atoms with Crippen molar-refractivity contribution in [1.82, 2.24) is 14.6 Å². The number of nitrogens with one attached hydrogen (secondary N) is 1. The van der Waals surface area contributed by atoms with Crippen molar-refractivity contribution in [2.75, 3.05) is 5.73 Å². The second-order valence-electron chi connectivity index (χ2n) is 7.35. The SMILES string of the molecule is CC(C)OS(=O)(=O)N1C(=O)[C@@H](NC(=O)/C(=N\OC(C)(C)C(=O)O)c2csc(N)n2)[C@@H]1C. The number of carbonyl (C=O) groups is 3. The average molecular weight is 478 g/mol. The van der Waals surface area contributed by atoms with Crippen molar-refractivity contribution >= 4 is 50.3 Å². The van der Waals surface area contributed by atoms with Crippen LogP contribution in [0.3, 0.4) is 0 Å². The molecule has 0 bridgehead atoms. The van der Waals surface area contributed by atoms with Crippen molar-refractivity contribution in [3.8, 4) is 0 Å². The first-order chi connectivity index (χ1) is 14.2. The minimum absolute atomic E-state index is 0.00627. The van der Waals surface area contributed by atoms with Gasteiger partial charge in [-0.1, -0.05) is 5.16 Å². The summed E-state index contributed by atoms with van der Waals surface area (Å²) in [6.45, 7) is 6.84. The van der Waals surface area contributed by atoms with Crippen LogP contribution in [0.15, 0.2) is 10.5 Å². The Labute approximate surface area is 182 Å². The molecule has 2 atom stereocenters. The molecule has 1 aromatic heterocycles. The molecule has 1 aliphatic heterocycles. The zero-order chi connectivity index (χ0) is 23.7. The molecule has 4 N–H and O–H groups in total. The minimum atomic E-state index is -4.31. The Morgan fingerprint density at radius 3 is 2.48 bits per heavy atom. The molecule has 13 nitrogen and oxygen atoms in total. The van der Waals surface area contributed by atoms with Gasteiger partial charge in [-0.2, -0.15) is 8.42 Å². The van der Waals surface area contributed by atoms with E-state index >= 15 is 0 Å². The van der Waals surface area contributed by atoms with Crippen LogP contribution in [0.4, 0.5) is 5.13 Å². The van der Waals surface area contributed by atoms with Gasteiger partial charge < -0.3 is 21.0 Å². The van der Waals surface area contributed by atoms with E-state index in [9.17, 15) is 22.8 Å². The van der Waals surface area contributed by atoms with E-state index in [1.807, 2.05) is 0 Å². The molecule has 1 saturated heterocycles. The fourth-order valence-electron chi connectivity index (χ4n) is 2.39. The number of β-lactam (4-membered cyclic amide) rings is 1. The van der Waals surface area contributed by atoms with Crippen LogP contribution in [0.5, 0.6) is 0 Å². The molecule has 2 rings (SSSR count). The maximum Gasteiger partial charge on any atom is 0.365 e. The number of anilines is 1. The van der Waals surface area contributed by atoms with Crippen molar-refractivity contribution in [3.63, 3.8) is 0 Å². The molecule has 172 valence electrons. The molecular weight excluding hydrogens is 454 g/mol. The highest BCUT2D eigenvalue weighted by Gasteiger charge is 2.52. The lowest BCUT2D eigenvalue weighted by Crippen LogP contribution is -2.71. The van der Waals surface area contributed by atoms with Gasteiger partial charge in [-0.15, -0.1) is 11.3 Å². The molecule has 0 saturated carbocycles. The third-order valence-corrected chi connectivity index (χ3v) is 6.33. The van der Waals surface area contributed by atoms with Gasteiger partial charge in [-0.3, -0.25) is 13.8 Å². The first-order valence-corrected chi connectivity index (χ1v) is 11.2. The summed E-state index contributed by atoms with van der Waals surface area (Å²) in [4.78, 5) is 45.3. The zero-order valence-corrected chi connectivity index (χ0v) is 19.0. The minimum Gasteiger partial charge on any atom is -0.478 e. The molecule has 1 aromatic rings. The molecule has 1 aliphatic rings. The topological polar surface area (TPSA) is 191 Å². The Balaban J connectivity index is 2.23. The lowest BCUT2D eigenvalue weighted by Gasteiger charge is -2.43. The largest absolute Gasteiger partial charge is 0.478 e. The zero-order valence-electron chi connectivity index (χ0n) is 17.3. The fourth-order valence-corrected chi connectivity index (χ4v) is 4.38. The van der Waals surface area contributed by atoms with Crippen LogP contribution in [0, 0.1) is 0 Å². The van der Waals surface area contributed by atoms with Gasteiger partial charge in [0, 0.05) is 5.38 Å². The van der Waals surface area contributed by atoms with E-state index in [0.29, 0.717) is 4.31 Å². The van der Waals surface area contributed by atoms with Crippen LogP contribution in [-0.2, 0) is 33.7 Å². The average Bonchev–Trinajstić information content (AvgIpc) is 3.04. The lowest BCUT2D eigenvalue weighted by atomic mass is 10.0. The number of rotatable bonds is 9. The summed E-state index contributed by atoms with van der Waals surface area (Å²) < 4.78 is 29.6. The number of amides is 2. The Hall–Kier alpha value is -2.78. The number of oxime groups is 1. The van der Waals surface area contributed by atoms with Crippen LogP contribution in [0.2, 0.25) is 0 Å². The van der Waals surface area contributed by atoms with Gasteiger partial charge >= 0.3 is 16.3 Å². The van der Waals surface area contributed by atoms with Crippen LogP contribution >= 0.6 is 11.3 Å². The van der Waals surface area contributed by atoms with Gasteiger partial charge in [0.1, 0.15) is 11.7 Å². The maximum atomic E-state index is 12.8. The number of thiazole rings is 1. The maximum absolute atomic E-state index is 12.8. The molecule has 0 radical (unpaired) electrons. The number of carboxylic acids is 1. The second-order valence-corrected chi connectivity index (χ2v) is 9.68. The quantitative estimate of drug-likeness (QED) is 0.241. The Kier molecular flexibility index (Phi) is 6.92. The molecule has 0 spiro atoms. The molecule has 2 amide bonds. The van der Waals surface area contributed by atoms with Crippen molar-refractivity contribution in [2.45, 2.75) is 58.4 Å². The standard InChI is InChI=1S/C16H23N5O8S2/c1-7(2)28-31(26,27)21-8(3)10(13(21)23)19-12(22)11(9-6-30-15(17)18-9)20-29-16(4,5)14(24)25/h6-8,10H,1-5H3,(H2,17,18)(H,19,22)(H,24,25)/b20-11-/t8-,10-/m0/s1. The molecule has 0 aromatic carbocycles. The van der Waals surface area contributed by atoms with E-state index in [1.54, 1.807) is 0 Å². The predicted octanol–water partition coefficient (Wildman–Crippen LogP) is -0.305. The Morgan fingerprint density at radius 1 is 1.42 bits per heavy atom. The smallest absolute Gasteiger partial charge is 0.365 e. The highest BCUT2D eigenvalue weighted by molar-refractivity contribution is 7.85. The molecule has 15 heteroatoms. The number of hydrogen-bond donors (Lipinski definition) is 3. The molecule has 31 heavy (non-hydrogen) atoms. The normalized spacial score (nSPS) is 19.9. The van der Waals surface area contributed by atoms with Crippen molar-refractivity contribution < 1.29 is 36.9 Å². The van der Waals surface area contributed by atoms with E-state index in [1.165, 1.54) is 40.0 Å². The number of aromatic nitrogens is 1. The van der Waals surface area contributed by atoms with Gasteiger partial charge in [0.15, 0.2) is 10.8 Å². The first-order valence-electron chi connectivity index (χ1n) is 8.95. The number of aliphatic carboxylic acids is 1. The molecule has 1 fully saturated rings. The number of nitrogen functional groups attached to an aromatic ring is 1. The molecule has 0 aliphatic carbocycles. The van der Waals surface area contributed by atoms with Crippen LogP contribution in [0.1, 0.15) is 40.3 Å². The highest BCUT2D eigenvalue weighted by Crippen LogP contribution is 2.26. The Bertz CT molecular complexity index is 1020. The number of nitrogens with two attached hydrogens (primary N) is 1. The van der Waals surface area contributed by atoms with E-state index in [2.05, 4.69) is 15.5 Å². The van der Waals surface area contributed by atoms with E-state index in [0.717, 1.165) is 11.3 Å². The predicted molar refractivity (Wildman–Crippen MR) is 109 cm³/mol. The molecule has 0 unspecified atom stereocenters. The number of carboxylic acid groups (broad SMARTS) is 1. The van der Waals surface area contributed by atoms with E-state index in [4.69, 9.17) is 19.9 Å². The molecular formula is C16H23N5O8S2. The van der Waals surface area contributed by atoms with E-state index in [-0.39, 0.29) is 10.8 Å². The van der Waals surface area contributed by atoms with Gasteiger partial charge in [0.2, 0.25) is 5.60 Å². The summed E-state index contributed by atoms with van der Waals surface area (Å²) in [5.74, 6) is -3.16. The summed E-state index contributed by atoms with van der Waals surface area (Å²) in [7, 11) is -4.31. The van der Waals surface area contributed by atoms with Crippen LogP contribution < -0.4 is 11.1 Å². The van der Waals surface area contributed by atoms with Gasteiger partial charge in [0.05, 0.1) is 12.1 Å². The summed E-state index contributed by atoms with van der Waals surface area (Å²) in [5, 5.41) is 16.6. The fraction of sp³-hybridized carbons (Fsp3) is 0.562. The summed E-state index contributed by atoms with van der Waals surface area (Å²) >= 11 is 1.00. The number of nitrogens with zero attached hydrogens (tertiary/aromatic N) is 3. The third-order valence-electron chi connectivity index (χ3n) is 4.04. The summed E-state index contributed by atoms with van der Waals surface area (Å²) in [6, 6.07) is -2.12. The highest BCUT2D eigenvalue weighted by atomic mass is 32.2.